The molecule has 0 aliphatic carbocycles. The minimum Gasteiger partial charge on any atom is -0.497 e. The molecular weight excluding hydrogens is 246 g/mol. The highest BCUT2D eigenvalue weighted by Gasteiger charge is 1.99. The van der Waals surface area contributed by atoms with Gasteiger partial charge in [-0.3, -0.25) is 4.98 Å². The summed E-state index contributed by atoms with van der Waals surface area (Å²) < 4.78 is 5.09. The molecule has 0 radical (unpaired) electrons. The second-order valence-corrected chi connectivity index (χ2v) is 3.96. The first-order valence-electron chi connectivity index (χ1n) is 5.40. The predicted octanol–water partition coefficient (Wildman–Crippen LogP) is 2.90. The summed E-state index contributed by atoms with van der Waals surface area (Å²) in [4.78, 5) is 4.00. The molecule has 0 fully saturated rings. The van der Waals surface area contributed by atoms with Crippen molar-refractivity contribution in [2.45, 2.75) is 0 Å². The average molecular weight is 259 g/mol. The summed E-state index contributed by atoms with van der Waals surface area (Å²) in [6.07, 6.45) is 3.42. The van der Waals surface area contributed by atoms with Gasteiger partial charge in [0.2, 0.25) is 0 Å². The highest BCUT2D eigenvalue weighted by molar-refractivity contribution is 7.80. The summed E-state index contributed by atoms with van der Waals surface area (Å²) >= 11 is 5.20. The van der Waals surface area contributed by atoms with Crippen LogP contribution in [0.1, 0.15) is 0 Å². The van der Waals surface area contributed by atoms with Gasteiger partial charge in [-0.25, -0.2) is 0 Å². The summed E-state index contributed by atoms with van der Waals surface area (Å²) in [6.45, 7) is 0. The molecule has 18 heavy (non-hydrogen) atoms. The van der Waals surface area contributed by atoms with E-state index in [0.717, 1.165) is 17.1 Å². The Kier molecular flexibility index (Phi) is 4.09. The molecular formula is C13H13N3OS. The van der Waals surface area contributed by atoms with Crippen LogP contribution in [0, 0.1) is 0 Å². The standard InChI is InChI=1S/C13H13N3OS/c1-17-12-6-4-10(5-7-12)15-13(18)16-11-3-2-8-14-9-11/h2-9H,1H3,(H2,15,16,18). The van der Waals surface area contributed by atoms with Crippen molar-refractivity contribution >= 4 is 28.7 Å². The highest BCUT2D eigenvalue weighted by Crippen LogP contribution is 2.15. The lowest BCUT2D eigenvalue weighted by Gasteiger charge is -2.10. The van der Waals surface area contributed by atoms with Crippen LogP contribution in [0.15, 0.2) is 48.8 Å². The van der Waals surface area contributed by atoms with Gasteiger partial charge in [-0.05, 0) is 48.6 Å². The van der Waals surface area contributed by atoms with Crippen molar-refractivity contribution in [2.75, 3.05) is 17.7 Å². The van der Waals surface area contributed by atoms with Crippen molar-refractivity contribution in [1.82, 2.24) is 4.98 Å². The van der Waals surface area contributed by atoms with E-state index in [1.165, 1.54) is 0 Å². The van der Waals surface area contributed by atoms with E-state index < -0.39 is 0 Å². The quantitative estimate of drug-likeness (QED) is 0.830. The Morgan fingerprint density at radius 3 is 2.44 bits per heavy atom. The lowest BCUT2D eigenvalue weighted by Crippen LogP contribution is -2.18. The van der Waals surface area contributed by atoms with Gasteiger partial charge in [-0.2, -0.15) is 0 Å². The maximum Gasteiger partial charge on any atom is 0.175 e. The zero-order valence-corrected chi connectivity index (χ0v) is 10.7. The normalized spacial score (nSPS) is 9.61. The van der Waals surface area contributed by atoms with Crippen LogP contribution in [0.5, 0.6) is 5.75 Å². The van der Waals surface area contributed by atoms with Crippen molar-refractivity contribution < 1.29 is 4.74 Å². The summed E-state index contributed by atoms with van der Waals surface area (Å²) in [5, 5.41) is 6.65. The average Bonchev–Trinajstić information content (AvgIpc) is 2.40. The van der Waals surface area contributed by atoms with Crippen molar-refractivity contribution in [3.8, 4) is 5.75 Å². The number of benzene rings is 1. The minimum atomic E-state index is 0.521. The van der Waals surface area contributed by atoms with Gasteiger partial charge < -0.3 is 15.4 Å². The molecule has 2 N–H and O–H groups in total. The number of methoxy groups -OCH3 is 1. The molecule has 0 saturated carbocycles. The topological polar surface area (TPSA) is 46.2 Å². The first-order chi connectivity index (χ1) is 8.78. The molecule has 1 heterocycles. The van der Waals surface area contributed by atoms with Gasteiger partial charge in [0.1, 0.15) is 5.75 Å². The number of nitrogens with zero attached hydrogens (tertiary/aromatic N) is 1. The number of hydrogen-bond acceptors (Lipinski definition) is 3. The van der Waals surface area contributed by atoms with Gasteiger partial charge in [-0.1, -0.05) is 0 Å². The van der Waals surface area contributed by atoms with E-state index in [1.54, 1.807) is 19.5 Å². The van der Waals surface area contributed by atoms with Gasteiger partial charge in [-0.15, -0.1) is 0 Å². The van der Waals surface area contributed by atoms with Crippen LogP contribution >= 0.6 is 12.2 Å². The number of rotatable bonds is 3. The number of thiocarbonyl (C=S) groups is 1. The van der Waals surface area contributed by atoms with E-state index in [-0.39, 0.29) is 0 Å². The molecule has 92 valence electrons. The fourth-order valence-corrected chi connectivity index (χ4v) is 1.64. The fourth-order valence-electron chi connectivity index (χ4n) is 1.40. The van der Waals surface area contributed by atoms with Gasteiger partial charge in [0, 0.05) is 11.9 Å². The molecule has 2 rings (SSSR count). The second-order valence-electron chi connectivity index (χ2n) is 3.55. The molecule has 2 aromatic rings. The van der Waals surface area contributed by atoms with Gasteiger partial charge >= 0.3 is 0 Å². The Bertz CT molecular complexity index is 514. The first-order valence-corrected chi connectivity index (χ1v) is 5.81. The Morgan fingerprint density at radius 2 is 1.83 bits per heavy atom. The lowest BCUT2D eigenvalue weighted by molar-refractivity contribution is 0.415. The van der Waals surface area contributed by atoms with Crippen LogP contribution in [0.3, 0.4) is 0 Å². The van der Waals surface area contributed by atoms with E-state index >= 15 is 0 Å². The molecule has 0 atom stereocenters. The molecule has 0 saturated heterocycles. The van der Waals surface area contributed by atoms with Crippen LogP contribution in [0.4, 0.5) is 11.4 Å². The van der Waals surface area contributed by atoms with E-state index in [0.29, 0.717) is 5.11 Å². The number of anilines is 2. The van der Waals surface area contributed by atoms with Crippen LogP contribution in [-0.2, 0) is 0 Å². The van der Waals surface area contributed by atoms with E-state index in [1.807, 2.05) is 36.4 Å². The van der Waals surface area contributed by atoms with Gasteiger partial charge in [0.15, 0.2) is 5.11 Å². The monoisotopic (exact) mass is 259 g/mol. The molecule has 1 aromatic heterocycles. The molecule has 5 heteroatoms. The van der Waals surface area contributed by atoms with Crippen molar-refractivity contribution in [1.29, 1.82) is 0 Å². The minimum absolute atomic E-state index is 0.521. The van der Waals surface area contributed by atoms with Crippen LogP contribution < -0.4 is 15.4 Å². The second kappa shape index (κ2) is 5.97. The van der Waals surface area contributed by atoms with Crippen LogP contribution in [0.2, 0.25) is 0 Å². The molecule has 0 spiro atoms. The molecule has 0 amide bonds. The molecule has 0 bridgehead atoms. The Hall–Kier alpha value is -2.14. The van der Waals surface area contributed by atoms with E-state index in [2.05, 4.69) is 15.6 Å². The molecule has 0 aliphatic rings. The Labute approximate surface area is 111 Å². The smallest absolute Gasteiger partial charge is 0.175 e. The zero-order chi connectivity index (χ0) is 12.8. The Morgan fingerprint density at radius 1 is 1.11 bits per heavy atom. The summed E-state index contributed by atoms with van der Waals surface area (Å²) in [6, 6.07) is 11.3. The molecule has 0 unspecified atom stereocenters. The maximum atomic E-state index is 5.20. The highest BCUT2D eigenvalue weighted by atomic mass is 32.1. The van der Waals surface area contributed by atoms with Crippen molar-refractivity contribution in [3.63, 3.8) is 0 Å². The fraction of sp³-hybridized carbons (Fsp3) is 0.0769. The van der Waals surface area contributed by atoms with Crippen LogP contribution in [-0.4, -0.2) is 17.2 Å². The van der Waals surface area contributed by atoms with E-state index in [9.17, 15) is 0 Å². The molecule has 1 aromatic carbocycles. The summed E-state index contributed by atoms with van der Waals surface area (Å²) in [7, 11) is 1.64. The third-order valence-corrected chi connectivity index (χ3v) is 2.47. The predicted molar refractivity (Wildman–Crippen MR) is 77.1 cm³/mol. The molecule has 0 aliphatic heterocycles. The number of nitrogens with one attached hydrogen (secondary N) is 2. The summed E-state index contributed by atoms with van der Waals surface area (Å²) in [5.74, 6) is 0.812. The summed E-state index contributed by atoms with van der Waals surface area (Å²) in [5.41, 5.74) is 1.75. The van der Waals surface area contributed by atoms with Gasteiger partial charge in [0.25, 0.3) is 0 Å². The largest absolute Gasteiger partial charge is 0.497 e. The van der Waals surface area contributed by atoms with Gasteiger partial charge in [0.05, 0.1) is 19.0 Å². The number of ether oxygens (including phenoxy) is 1. The van der Waals surface area contributed by atoms with Crippen molar-refractivity contribution in [2.24, 2.45) is 0 Å². The number of hydrogen-bond donors (Lipinski definition) is 2. The Balaban J connectivity index is 1.94. The van der Waals surface area contributed by atoms with Crippen LogP contribution in [0.25, 0.3) is 0 Å². The number of pyridine rings is 1. The zero-order valence-electron chi connectivity index (χ0n) is 9.88. The lowest BCUT2D eigenvalue weighted by atomic mass is 10.3. The first kappa shape index (κ1) is 12.3. The maximum absolute atomic E-state index is 5.20. The van der Waals surface area contributed by atoms with E-state index in [4.69, 9.17) is 17.0 Å². The van der Waals surface area contributed by atoms with Crippen molar-refractivity contribution in [3.05, 3.63) is 48.8 Å². The third-order valence-electron chi connectivity index (χ3n) is 2.27. The molecule has 4 nitrogen and oxygen atoms in total. The SMILES string of the molecule is COc1ccc(NC(=S)Nc2cccnc2)cc1. The number of aromatic nitrogens is 1. The third kappa shape index (κ3) is 3.43.